The van der Waals surface area contributed by atoms with Gasteiger partial charge in [-0.15, -0.1) is 0 Å². The lowest BCUT2D eigenvalue weighted by Gasteiger charge is -2.42. The van der Waals surface area contributed by atoms with E-state index in [0.717, 1.165) is 17.8 Å². The molecule has 2 aliphatic rings. The zero-order valence-corrected chi connectivity index (χ0v) is 20.0. The Bertz CT molecular complexity index is 928. The summed E-state index contributed by atoms with van der Waals surface area (Å²) in [5, 5.41) is 1.28. The average Bonchev–Trinajstić information content (AvgIpc) is 2.80. The van der Waals surface area contributed by atoms with Gasteiger partial charge in [0.25, 0.3) is 0 Å². The zero-order valence-electron chi connectivity index (χ0n) is 20.0. The molecule has 2 heteroatoms. The van der Waals surface area contributed by atoms with Gasteiger partial charge in [0.15, 0.2) is 0 Å². The van der Waals surface area contributed by atoms with Crippen molar-refractivity contribution < 1.29 is 8.78 Å². The smallest absolute Gasteiger partial charge is 0.137 e. The molecule has 2 fully saturated rings. The van der Waals surface area contributed by atoms with Gasteiger partial charge in [0.1, 0.15) is 11.6 Å². The number of hydrogen-bond donors (Lipinski definition) is 0. The summed E-state index contributed by atoms with van der Waals surface area (Å²) in [4.78, 5) is 0. The fourth-order valence-corrected chi connectivity index (χ4v) is 6.50. The molecule has 4 rings (SSSR count). The van der Waals surface area contributed by atoms with Crippen LogP contribution in [-0.4, -0.2) is 0 Å². The molecule has 0 bridgehead atoms. The first-order valence-corrected chi connectivity index (χ1v) is 13.1. The summed E-state index contributed by atoms with van der Waals surface area (Å²) in [5.41, 5.74) is 1.50. The van der Waals surface area contributed by atoms with Crippen molar-refractivity contribution >= 4 is 10.8 Å². The molecule has 0 aromatic heterocycles. The summed E-state index contributed by atoms with van der Waals surface area (Å²) >= 11 is 0. The van der Waals surface area contributed by atoms with Crippen LogP contribution in [0.25, 0.3) is 10.8 Å². The molecule has 2 aromatic carbocycles. The van der Waals surface area contributed by atoms with E-state index in [1.807, 2.05) is 25.1 Å². The largest absolute Gasteiger partial charge is 0.207 e. The molecule has 2 aromatic rings. The van der Waals surface area contributed by atoms with Crippen molar-refractivity contribution in [2.24, 2.45) is 17.8 Å². The van der Waals surface area contributed by atoms with Gasteiger partial charge < -0.3 is 0 Å². The SMILES string of the molecule is C/C=C/CCc1c(F)cc2cc([C@@H]3CC[C@@H]4CC(CCCCC)CCC4C3)ccc2c1F. The highest BCUT2D eigenvalue weighted by Gasteiger charge is 2.35. The third-order valence-electron chi connectivity index (χ3n) is 8.35. The average molecular weight is 439 g/mol. The number of halogens is 2. The Labute approximate surface area is 193 Å². The Hall–Kier alpha value is -1.70. The number of hydrogen-bond acceptors (Lipinski definition) is 0. The lowest BCUT2D eigenvalue weighted by molar-refractivity contribution is 0.113. The molecule has 0 amide bonds. The van der Waals surface area contributed by atoms with Crippen LogP contribution in [0.5, 0.6) is 0 Å². The quantitative estimate of drug-likeness (QED) is 0.284. The number of allylic oxidation sites excluding steroid dienone is 2. The number of fused-ring (bicyclic) bond motifs is 2. The van der Waals surface area contributed by atoms with Crippen molar-refractivity contribution in [1.29, 1.82) is 0 Å². The molecule has 0 spiro atoms. The van der Waals surface area contributed by atoms with Crippen LogP contribution >= 0.6 is 0 Å². The van der Waals surface area contributed by atoms with Crippen LogP contribution < -0.4 is 0 Å². The third-order valence-corrected chi connectivity index (χ3v) is 8.35. The normalized spacial score (nSPS) is 26.0. The van der Waals surface area contributed by atoms with Gasteiger partial charge in [0.2, 0.25) is 0 Å². The summed E-state index contributed by atoms with van der Waals surface area (Å²) in [6.07, 6.45) is 18.5. The summed E-state index contributed by atoms with van der Waals surface area (Å²) in [7, 11) is 0. The van der Waals surface area contributed by atoms with E-state index in [0.29, 0.717) is 29.5 Å². The Morgan fingerprint density at radius 3 is 2.59 bits per heavy atom. The molecule has 32 heavy (non-hydrogen) atoms. The van der Waals surface area contributed by atoms with Gasteiger partial charge in [-0.25, -0.2) is 8.78 Å². The van der Waals surface area contributed by atoms with Crippen molar-refractivity contribution in [3.05, 3.63) is 59.2 Å². The standard InChI is InChI=1S/C30H40F2/c1-3-5-7-9-21-11-12-23-18-24(14-13-22(23)17-21)25-15-16-27-26(19-25)20-29(31)28(30(27)32)10-8-6-4-2/h4,6,15-16,19-24H,3,5,7-14,17-18H2,1-2H3/b6-4+/t21?,22-,23?,24-/m1/s1. The second-order valence-electron chi connectivity index (χ2n) is 10.4. The molecular weight excluding hydrogens is 398 g/mol. The van der Waals surface area contributed by atoms with Crippen LogP contribution in [0.15, 0.2) is 36.4 Å². The maximum absolute atomic E-state index is 15.0. The topological polar surface area (TPSA) is 0 Å². The zero-order chi connectivity index (χ0) is 22.5. The van der Waals surface area contributed by atoms with Gasteiger partial charge in [0, 0.05) is 10.9 Å². The summed E-state index contributed by atoms with van der Waals surface area (Å²) in [6, 6.07) is 7.63. The highest BCUT2D eigenvalue weighted by atomic mass is 19.1. The molecule has 2 saturated carbocycles. The predicted octanol–water partition coefficient (Wildman–Crippen LogP) is 9.51. The van der Waals surface area contributed by atoms with Crippen LogP contribution in [0.1, 0.15) is 102 Å². The molecule has 174 valence electrons. The van der Waals surface area contributed by atoms with E-state index >= 15 is 4.39 Å². The number of rotatable bonds is 8. The molecule has 2 aliphatic carbocycles. The van der Waals surface area contributed by atoms with E-state index in [1.165, 1.54) is 69.8 Å². The van der Waals surface area contributed by atoms with Gasteiger partial charge in [-0.3, -0.25) is 0 Å². The Morgan fingerprint density at radius 1 is 0.969 bits per heavy atom. The maximum atomic E-state index is 15.0. The molecule has 0 aliphatic heterocycles. The van der Waals surface area contributed by atoms with Crippen LogP contribution in [0.2, 0.25) is 0 Å². The van der Waals surface area contributed by atoms with Crippen LogP contribution in [-0.2, 0) is 6.42 Å². The Balaban J connectivity index is 1.44. The van der Waals surface area contributed by atoms with Crippen molar-refractivity contribution in [2.75, 3.05) is 0 Å². The van der Waals surface area contributed by atoms with Crippen molar-refractivity contribution in [3.63, 3.8) is 0 Å². The minimum Gasteiger partial charge on any atom is -0.207 e. The molecule has 0 saturated heterocycles. The molecule has 0 N–H and O–H groups in total. The number of unbranched alkanes of at least 4 members (excludes halogenated alkanes) is 2. The molecular formula is C30H40F2. The summed E-state index contributed by atoms with van der Waals surface area (Å²) < 4.78 is 29.7. The Kier molecular flexibility index (Phi) is 8.02. The lowest BCUT2D eigenvalue weighted by Crippen LogP contribution is -2.30. The van der Waals surface area contributed by atoms with Crippen LogP contribution in [0, 0.1) is 29.4 Å². The highest BCUT2D eigenvalue weighted by molar-refractivity contribution is 5.85. The highest BCUT2D eigenvalue weighted by Crippen LogP contribution is 2.48. The van der Waals surface area contributed by atoms with Crippen LogP contribution in [0.4, 0.5) is 8.78 Å². The third kappa shape index (κ3) is 5.26. The Morgan fingerprint density at radius 2 is 1.78 bits per heavy atom. The van der Waals surface area contributed by atoms with Gasteiger partial charge in [-0.2, -0.15) is 0 Å². The van der Waals surface area contributed by atoms with E-state index in [-0.39, 0.29) is 11.4 Å². The maximum Gasteiger partial charge on any atom is 0.137 e. The molecule has 4 atom stereocenters. The van der Waals surface area contributed by atoms with Crippen molar-refractivity contribution in [2.45, 2.75) is 96.8 Å². The van der Waals surface area contributed by atoms with Gasteiger partial charge in [-0.1, -0.05) is 69.4 Å². The fourth-order valence-electron chi connectivity index (χ4n) is 6.50. The fraction of sp³-hybridized carbons (Fsp3) is 0.600. The van der Waals surface area contributed by atoms with E-state index in [9.17, 15) is 4.39 Å². The first-order chi connectivity index (χ1) is 15.6. The predicted molar refractivity (Wildman–Crippen MR) is 132 cm³/mol. The summed E-state index contributed by atoms with van der Waals surface area (Å²) in [5.74, 6) is 2.46. The van der Waals surface area contributed by atoms with Crippen molar-refractivity contribution in [3.8, 4) is 0 Å². The lowest BCUT2D eigenvalue weighted by atomic mass is 9.63. The molecule has 0 radical (unpaired) electrons. The van der Waals surface area contributed by atoms with Crippen molar-refractivity contribution in [1.82, 2.24) is 0 Å². The van der Waals surface area contributed by atoms with Crippen LogP contribution in [0.3, 0.4) is 0 Å². The second-order valence-corrected chi connectivity index (χ2v) is 10.4. The first kappa shape index (κ1) is 23.5. The minimum atomic E-state index is -0.401. The molecule has 0 heterocycles. The second kappa shape index (κ2) is 10.9. The monoisotopic (exact) mass is 438 g/mol. The van der Waals surface area contributed by atoms with Gasteiger partial charge in [-0.05, 0) is 92.6 Å². The molecule has 0 nitrogen and oxygen atoms in total. The minimum absolute atomic E-state index is 0.222. The molecule has 2 unspecified atom stereocenters. The first-order valence-electron chi connectivity index (χ1n) is 13.1. The van der Waals surface area contributed by atoms with E-state index in [1.54, 1.807) is 6.07 Å². The summed E-state index contributed by atoms with van der Waals surface area (Å²) in [6.45, 7) is 4.22. The number of benzene rings is 2. The van der Waals surface area contributed by atoms with E-state index in [2.05, 4.69) is 19.1 Å². The van der Waals surface area contributed by atoms with E-state index in [4.69, 9.17) is 0 Å². The van der Waals surface area contributed by atoms with Gasteiger partial charge >= 0.3 is 0 Å². The van der Waals surface area contributed by atoms with Gasteiger partial charge in [0.05, 0.1) is 0 Å². The van der Waals surface area contributed by atoms with E-state index < -0.39 is 5.82 Å².